The molecule has 17 heavy (non-hydrogen) atoms. The lowest BCUT2D eigenvalue weighted by molar-refractivity contribution is -0.138. The van der Waals surface area contributed by atoms with Crippen LogP contribution < -0.4 is 0 Å². The molecule has 0 radical (unpaired) electrons. The number of rotatable bonds is 5. The number of nitrogens with zero attached hydrogens (tertiary/aromatic N) is 2. The summed E-state index contributed by atoms with van der Waals surface area (Å²) in [6.45, 7) is 3.98. The van der Waals surface area contributed by atoms with Crippen LogP contribution in [0.3, 0.4) is 0 Å². The zero-order valence-corrected chi connectivity index (χ0v) is 11.4. The largest absolute Gasteiger partial charge is 0.396 e. The summed E-state index contributed by atoms with van der Waals surface area (Å²) in [7, 11) is 3.94. The summed E-state index contributed by atoms with van der Waals surface area (Å²) in [5, 5.41) is 9.09. The number of likely N-dealkylation sites (N-methyl/N-ethyl adjacent to an activating group) is 1. The third-order valence-electron chi connectivity index (χ3n) is 3.65. The van der Waals surface area contributed by atoms with Crippen molar-refractivity contribution >= 4 is 5.91 Å². The standard InChI is InChI=1S/C13H26N2O2/c1-4-5-12(14(2)3)13(17)15-8-6-11(10-16)7-9-15/h11-12,16H,4-10H2,1-3H3. The van der Waals surface area contributed by atoms with Crippen molar-refractivity contribution in [2.75, 3.05) is 33.8 Å². The Bertz CT molecular complexity index is 236. The summed E-state index contributed by atoms with van der Waals surface area (Å²) in [4.78, 5) is 16.3. The van der Waals surface area contributed by atoms with Gasteiger partial charge in [-0.15, -0.1) is 0 Å². The molecule has 0 aliphatic carbocycles. The van der Waals surface area contributed by atoms with Gasteiger partial charge in [-0.2, -0.15) is 0 Å². The van der Waals surface area contributed by atoms with Crippen molar-refractivity contribution in [1.29, 1.82) is 0 Å². The summed E-state index contributed by atoms with van der Waals surface area (Å²) in [6.07, 6.45) is 3.83. The highest BCUT2D eigenvalue weighted by molar-refractivity contribution is 5.81. The number of aliphatic hydroxyl groups is 1. The fourth-order valence-electron chi connectivity index (χ4n) is 2.42. The third kappa shape index (κ3) is 3.96. The van der Waals surface area contributed by atoms with E-state index in [9.17, 15) is 4.79 Å². The van der Waals surface area contributed by atoms with Gasteiger partial charge in [-0.1, -0.05) is 13.3 Å². The zero-order chi connectivity index (χ0) is 12.8. The Hall–Kier alpha value is -0.610. The maximum Gasteiger partial charge on any atom is 0.239 e. The quantitative estimate of drug-likeness (QED) is 0.780. The third-order valence-corrected chi connectivity index (χ3v) is 3.65. The summed E-state index contributed by atoms with van der Waals surface area (Å²) in [5.74, 6) is 0.649. The first-order valence-electron chi connectivity index (χ1n) is 6.66. The number of carbonyl (C=O) groups excluding carboxylic acids is 1. The predicted octanol–water partition coefficient (Wildman–Crippen LogP) is 0.948. The minimum atomic E-state index is 0.0191. The molecule has 0 aromatic rings. The van der Waals surface area contributed by atoms with Crippen molar-refractivity contribution in [2.45, 2.75) is 38.6 Å². The van der Waals surface area contributed by atoms with Crippen LogP contribution in [-0.4, -0.2) is 60.6 Å². The molecule has 1 unspecified atom stereocenters. The summed E-state index contributed by atoms with van der Waals surface area (Å²) < 4.78 is 0. The highest BCUT2D eigenvalue weighted by Gasteiger charge is 2.28. The van der Waals surface area contributed by atoms with Crippen molar-refractivity contribution in [3.63, 3.8) is 0 Å². The van der Waals surface area contributed by atoms with Crippen molar-refractivity contribution in [2.24, 2.45) is 5.92 Å². The molecule has 0 aromatic heterocycles. The first-order chi connectivity index (χ1) is 8.10. The van der Waals surface area contributed by atoms with Gasteiger partial charge in [0.1, 0.15) is 0 Å². The molecule has 1 rings (SSSR count). The lowest BCUT2D eigenvalue weighted by Gasteiger charge is -2.35. The number of piperidine rings is 1. The molecule has 0 saturated carbocycles. The van der Waals surface area contributed by atoms with Crippen LogP contribution in [0, 0.1) is 5.92 Å². The van der Waals surface area contributed by atoms with E-state index in [-0.39, 0.29) is 18.6 Å². The summed E-state index contributed by atoms with van der Waals surface area (Å²) in [6, 6.07) is 0.0191. The molecule has 1 atom stereocenters. The first kappa shape index (κ1) is 14.5. The Morgan fingerprint density at radius 2 is 2.00 bits per heavy atom. The molecule has 1 heterocycles. The molecule has 0 spiro atoms. The van der Waals surface area contributed by atoms with Crippen molar-refractivity contribution < 1.29 is 9.90 Å². The van der Waals surface area contributed by atoms with Gasteiger partial charge >= 0.3 is 0 Å². The van der Waals surface area contributed by atoms with E-state index in [4.69, 9.17) is 5.11 Å². The van der Waals surface area contributed by atoms with E-state index in [0.29, 0.717) is 5.92 Å². The van der Waals surface area contributed by atoms with Gasteiger partial charge in [0.25, 0.3) is 0 Å². The maximum atomic E-state index is 12.3. The number of carbonyl (C=O) groups is 1. The second kappa shape index (κ2) is 6.97. The van der Waals surface area contributed by atoms with E-state index >= 15 is 0 Å². The molecule has 4 heteroatoms. The van der Waals surface area contributed by atoms with Gasteiger partial charge in [-0.05, 0) is 39.3 Å². The molecular weight excluding hydrogens is 216 g/mol. The molecule has 100 valence electrons. The molecule has 1 amide bonds. The minimum Gasteiger partial charge on any atom is -0.396 e. The molecule has 0 aromatic carbocycles. The fourth-order valence-corrected chi connectivity index (χ4v) is 2.42. The van der Waals surface area contributed by atoms with E-state index in [1.54, 1.807) is 0 Å². The smallest absolute Gasteiger partial charge is 0.239 e. The SMILES string of the molecule is CCCC(C(=O)N1CCC(CO)CC1)N(C)C. The average molecular weight is 242 g/mol. The van der Waals surface area contributed by atoms with Crippen molar-refractivity contribution in [1.82, 2.24) is 9.80 Å². The van der Waals surface area contributed by atoms with E-state index in [1.807, 2.05) is 23.9 Å². The van der Waals surface area contributed by atoms with Crippen LogP contribution in [0.4, 0.5) is 0 Å². The monoisotopic (exact) mass is 242 g/mol. The number of hydrogen-bond acceptors (Lipinski definition) is 3. The average Bonchev–Trinajstić information content (AvgIpc) is 2.35. The van der Waals surface area contributed by atoms with Gasteiger partial charge in [0.15, 0.2) is 0 Å². The normalized spacial score (nSPS) is 19.7. The van der Waals surface area contributed by atoms with Crippen LogP contribution in [0.25, 0.3) is 0 Å². The minimum absolute atomic E-state index is 0.0191. The fraction of sp³-hybridized carbons (Fsp3) is 0.923. The second-order valence-corrected chi connectivity index (χ2v) is 5.22. The van der Waals surface area contributed by atoms with E-state index in [2.05, 4.69) is 6.92 Å². The summed E-state index contributed by atoms with van der Waals surface area (Å²) in [5.41, 5.74) is 0. The molecule has 1 N–H and O–H groups in total. The van der Waals surface area contributed by atoms with Crippen LogP contribution in [0.1, 0.15) is 32.6 Å². The van der Waals surface area contributed by atoms with E-state index < -0.39 is 0 Å². The van der Waals surface area contributed by atoms with Gasteiger partial charge in [-0.25, -0.2) is 0 Å². The Kier molecular flexibility index (Phi) is 5.92. The number of likely N-dealkylation sites (tertiary alicyclic amines) is 1. The first-order valence-corrected chi connectivity index (χ1v) is 6.66. The Morgan fingerprint density at radius 3 is 2.41 bits per heavy atom. The van der Waals surface area contributed by atoms with Crippen LogP contribution >= 0.6 is 0 Å². The topological polar surface area (TPSA) is 43.8 Å². The van der Waals surface area contributed by atoms with Crippen LogP contribution in [0.5, 0.6) is 0 Å². The van der Waals surface area contributed by atoms with E-state index in [1.165, 1.54) is 0 Å². The summed E-state index contributed by atoms with van der Waals surface area (Å²) >= 11 is 0. The molecule has 1 aliphatic heterocycles. The van der Waals surface area contributed by atoms with Gasteiger partial charge in [0.05, 0.1) is 6.04 Å². The van der Waals surface area contributed by atoms with Crippen molar-refractivity contribution in [3.8, 4) is 0 Å². The number of aliphatic hydroxyl groups excluding tert-OH is 1. The Labute approximate surface area is 105 Å². The lowest BCUT2D eigenvalue weighted by atomic mass is 9.97. The Morgan fingerprint density at radius 1 is 1.41 bits per heavy atom. The Balaban J connectivity index is 2.51. The molecule has 4 nitrogen and oxygen atoms in total. The number of amides is 1. The van der Waals surface area contributed by atoms with Crippen LogP contribution in [0.2, 0.25) is 0 Å². The van der Waals surface area contributed by atoms with Gasteiger partial charge in [-0.3, -0.25) is 9.69 Å². The molecule has 1 saturated heterocycles. The molecule has 1 aliphatic rings. The second-order valence-electron chi connectivity index (χ2n) is 5.22. The highest BCUT2D eigenvalue weighted by atomic mass is 16.3. The number of hydrogen-bond donors (Lipinski definition) is 1. The molecule has 0 bridgehead atoms. The van der Waals surface area contributed by atoms with Gasteiger partial charge < -0.3 is 10.0 Å². The highest BCUT2D eigenvalue weighted by Crippen LogP contribution is 2.18. The van der Waals surface area contributed by atoms with E-state index in [0.717, 1.165) is 38.8 Å². The van der Waals surface area contributed by atoms with Gasteiger partial charge in [0.2, 0.25) is 5.91 Å². The molecule has 1 fully saturated rings. The maximum absolute atomic E-state index is 12.3. The van der Waals surface area contributed by atoms with Crippen LogP contribution in [0.15, 0.2) is 0 Å². The van der Waals surface area contributed by atoms with Gasteiger partial charge in [0, 0.05) is 19.7 Å². The molecular formula is C13H26N2O2. The van der Waals surface area contributed by atoms with Crippen molar-refractivity contribution in [3.05, 3.63) is 0 Å². The lowest BCUT2D eigenvalue weighted by Crippen LogP contribution is -2.48. The predicted molar refractivity (Wildman–Crippen MR) is 68.8 cm³/mol. The zero-order valence-electron chi connectivity index (χ0n) is 11.4. The van der Waals surface area contributed by atoms with Crippen LogP contribution in [-0.2, 0) is 4.79 Å².